The number of hydrogen-bond donors (Lipinski definition) is 1. The van der Waals surface area contributed by atoms with Crippen molar-refractivity contribution in [3.8, 4) is 17.2 Å². The molecule has 0 unspecified atom stereocenters. The van der Waals surface area contributed by atoms with Crippen molar-refractivity contribution in [3.63, 3.8) is 0 Å². The van der Waals surface area contributed by atoms with Gasteiger partial charge in [-0.1, -0.05) is 12.1 Å². The Morgan fingerprint density at radius 2 is 1.57 bits per heavy atom. The summed E-state index contributed by atoms with van der Waals surface area (Å²) in [6.07, 6.45) is 4.87. The molecule has 1 saturated heterocycles. The van der Waals surface area contributed by atoms with Gasteiger partial charge in [-0.15, -0.1) is 0 Å². The SMILES string of the molecule is COc1ccc(C(=O)N/N=C\c2ccc(OCc3ccc(C(=O)N4CCCCC4)cc3)c(OC)c2)cc1. The molecule has 0 saturated carbocycles. The number of likely N-dealkylation sites (tertiary alicyclic amines) is 1. The zero-order valence-electron chi connectivity index (χ0n) is 21.1. The van der Waals surface area contributed by atoms with Crippen molar-refractivity contribution in [2.24, 2.45) is 5.10 Å². The van der Waals surface area contributed by atoms with Crippen LogP contribution in [0.1, 0.15) is 51.1 Å². The highest BCUT2D eigenvalue weighted by Crippen LogP contribution is 2.28. The minimum absolute atomic E-state index is 0.0891. The molecule has 0 aliphatic carbocycles. The van der Waals surface area contributed by atoms with Gasteiger partial charge in [-0.25, -0.2) is 5.43 Å². The van der Waals surface area contributed by atoms with Crippen LogP contribution >= 0.6 is 0 Å². The molecule has 2 amide bonds. The molecule has 0 radical (unpaired) electrons. The Bertz CT molecular complexity index is 1230. The third-order valence-electron chi connectivity index (χ3n) is 6.16. The van der Waals surface area contributed by atoms with Gasteiger partial charge in [0.05, 0.1) is 20.4 Å². The van der Waals surface area contributed by atoms with E-state index in [1.54, 1.807) is 50.6 Å². The van der Waals surface area contributed by atoms with Gasteiger partial charge in [-0.05, 0) is 85.0 Å². The number of nitrogens with zero attached hydrogens (tertiary/aromatic N) is 2. The molecule has 0 aromatic heterocycles. The highest BCUT2D eigenvalue weighted by Gasteiger charge is 2.18. The van der Waals surface area contributed by atoms with Gasteiger partial charge in [0, 0.05) is 24.2 Å². The largest absolute Gasteiger partial charge is 0.497 e. The van der Waals surface area contributed by atoms with E-state index in [0.29, 0.717) is 35.0 Å². The van der Waals surface area contributed by atoms with Crippen molar-refractivity contribution >= 4 is 18.0 Å². The topological polar surface area (TPSA) is 89.5 Å². The molecule has 1 fully saturated rings. The van der Waals surface area contributed by atoms with Crippen LogP contribution in [0.4, 0.5) is 0 Å². The third-order valence-corrected chi connectivity index (χ3v) is 6.16. The standard InChI is InChI=1S/C29H31N3O5/c1-35-25-13-11-23(12-14-25)28(33)31-30-19-22-8-15-26(27(18-22)36-2)37-20-21-6-9-24(10-7-21)29(34)32-16-4-3-5-17-32/h6-15,18-19H,3-5,16-17,20H2,1-2H3,(H,31,33)/b30-19-. The fourth-order valence-electron chi connectivity index (χ4n) is 4.04. The molecule has 3 aromatic rings. The maximum Gasteiger partial charge on any atom is 0.271 e. The fourth-order valence-corrected chi connectivity index (χ4v) is 4.04. The van der Waals surface area contributed by atoms with E-state index in [4.69, 9.17) is 14.2 Å². The predicted molar refractivity (Wildman–Crippen MR) is 142 cm³/mol. The van der Waals surface area contributed by atoms with Gasteiger partial charge in [0.15, 0.2) is 11.5 Å². The highest BCUT2D eigenvalue weighted by atomic mass is 16.5. The molecule has 0 atom stereocenters. The molecule has 4 rings (SSSR count). The van der Waals surface area contributed by atoms with E-state index < -0.39 is 0 Å². The number of methoxy groups -OCH3 is 2. The average molecular weight is 502 g/mol. The lowest BCUT2D eigenvalue weighted by atomic mass is 10.1. The number of carbonyl (C=O) groups excluding carboxylic acids is 2. The molecule has 1 aliphatic heterocycles. The maximum atomic E-state index is 12.7. The smallest absolute Gasteiger partial charge is 0.271 e. The first kappa shape index (κ1) is 25.8. The number of ether oxygens (including phenoxy) is 3. The summed E-state index contributed by atoms with van der Waals surface area (Å²) in [5.74, 6) is 1.56. The van der Waals surface area contributed by atoms with Crippen LogP contribution in [-0.2, 0) is 6.61 Å². The number of carbonyl (C=O) groups is 2. The van der Waals surface area contributed by atoms with E-state index in [0.717, 1.165) is 37.1 Å². The number of nitrogens with one attached hydrogen (secondary N) is 1. The van der Waals surface area contributed by atoms with Crippen LogP contribution < -0.4 is 19.6 Å². The van der Waals surface area contributed by atoms with E-state index in [-0.39, 0.29) is 11.8 Å². The maximum absolute atomic E-state index is 12.7. The number of rotatable bonds is 9. The van der Waals surface area contributed by atoms with Gasteiger partial charge < -0.3 is 19.1 Å². The van der Waals surface area contributed by atoms with Gasteiger partial charge in [0.2, 0.25) is 0 Å². The molecular formula is C29H31N3O5. The molecule has 0 bridgehead atoms. The van der Waals surface area contributed by atoms with Crippen molar-refractivity contribution in [2.45, 2.75) is 25.9 Å². The summed E-state index contributed by atoms with van der Waals surface area (Å²) in [6, 6.07) is 19.7. The Hall–Kier alpha value is -4.33. The Morgan fingerprint density at radius 3 is 2.24 bits per heavy atom. The van der Waals surface area contributed by atoms with Crippen molar-refractivity contribution in [2.75, 3.05) is 27.3 Å². The molecule has 8 nitrogen and oxygen atoms in total. The van der Waals surface area contributed by atoms with Crippen LogP contribution in [0.2, 0.25) is 0 Å². The number of piperidine rings is 1. The Kier molecular flexibility index (Phi) is 8.75. The van der Waals surface area contributed by atoms with Crippen molar-refractivity contribution in [1.82, 2.24) is 10.3 Å². The van der Waals surface area contributed by atoms with E-state index in [2.05, 4.69) is 10.5 Å². The van der Waals surface area contributed by atoms with Crippen LogP contribution in [0, 0.1) is 0 Å². The van der Waals surface area contributed by atoms with Crippen molar-refractivity contribution in [1.29, 1.82) is 0 Å². The average Bonchev–Trinajstić information content (AvgIpc) is 2.96. The predicted octanol–water partition coefficient (Wildman–Crippen LogP) is 4.67. The van der Waals surface area contributed by atoms with E-state index in [9.17, 15) is 9.59 Å². The second kappa shape index (κ2) is 12.6. The Labute approximate surface area is 216 Å². The molecule has 1 N–H and O–H groups in total. The van der Waals surface area contributed by atoms with E-state index in [1.807, 2.05) is 35.2 Å². The minimum atomic E-state index is -0.325. The Balaban J connectivity index is 1.32. The molecule has 8 heteroatoms. The van der Waals surface area contributed by atoms with Crippen molar-refractivity contribution < 1.29 is 23.8 Å². The zero-order chi connectivity index (χ0) is 26.0. The molecule has 192 valence electrons. The fraction of sp³-hybridized carbons (Fsp3) is 0.276. The van der Waals surface area contributed by atoms with Gasteiger partial charge in [0.1, 0.15) is 12.4 Å². The number of amides is 2. The van der Waals surface area contributed by atoms with Crippen LogP contribution in [-0.4, -0.2) is 50.2 Å². The second-order valence-electron chi connectivity index (χ2n) is 8.68. The lowest BCUT2D eigenvalue weighted by Gasteiger charge is -2.26. The summed E-state index contributed by atoms with van der Waals surface area (Å²) in [7, 11) is 3.14. The van der Waals surface area contributed by atoms with E-state index in [1.165, 1.54) is 12.6 Å². The second-order valence-corrected chi connectivity index (χ2v) is 8.68. The monoisotopic (exact) mass is 501 g/mol. The number of hydrogen-bond acceptors (Lipinski definition) is 6. The van der Waals surface area contributed by atoms with Gasteiger partial charge in [0.25, 0.3) is 11.8 Å². The van der Waals surface area contributed by atoms with Gasteiger partial charge >= 0.3 is 0 Å². The summed E-state index contributed by atoms with van der Waals surface area (Å²) >= 11 is 0. The quantitative estimate of drug-likeness (QED) is 0.340. The zero-order valence-corrected chi connectivity index (χ0v) is 21.1. The lowest BCUT2D eigenvalue weighted by Crippen LogP contribution is -2.35. The third kappa shape index (κ3) is 6.88. The molecular weight excluding hydrogens is 470 g/mol. The molecule has 0 spiro atoms. The number of benzene rings is 3. The summed E-state index contributed by atoms with van der Waals surface area (Å²) in [6.45, 7) is 2.00. The summed E-state index contributed by atoms with van der Waals surface area (Å²) < 4.78 is 16.5. The van der Waals surface area contributed by atoms with Crippen LogP contribution in [0.25, 0.3) is 0 Å². The molecule has 3 aromatic carbocycles. The summed E-state index contributed by atoms with van der Waals surface area (Å²) in [4.78, 5) is 26.8. The van der Waals surface area contributed by atoms with Crippen LogP contribution in [0.3, 0.4) is 0 Å². The molecule has 37 heavy (non-hydrogen) atoms. The Morgan fingerprint density at radius 1 is 0.865 bits per heavy atom. The van der Waals surface area contributed by atoms with Crippen LogP contribution in [0.5, 0.6) is 17.2 Å². The van der Waals surface area contributed by atoms with Crippen LogP contribution in [0.15, 0.2) is 71.8 Å². The van der Waals surface area contributed by atoms with E-state index >= 15 is 0 Å². The molecule has 1 aliphatic rings. The lowest BCUT2D eigenvalue weighted by molar-refractivity contribution is 0.0724. The minimum Gasteiger partial charge on any atom is -0.497 e. The number of hydrazone groups is 1. The first-order valence-corrected chi connectivity index (χ1v) is 12.2. The van der Waals surface area contributed by atoms with Gasteiger partial charge in [-0.3, -0.25) is 9.59 Å². The normalized spacial score (nSPS) is 13.3. The van der Waals surface area contributed by atoms with Gasteiger partial charge in [-0.2, -0.15) is 5.10 Å². The molecule has 1 heterocycles. The summed E-state index contributed by atoms with van der Waals surface area (Å²) in [5.41, 5.74) is 5.37. The first-order valence-electron chi connectivity index (χ1n) is 12.2. The highest BCUT2D eigenvalue weighted by molar-refractivity contribution is 5.95. The van der Waals surface area contributed by atoms with Crippen molar-refractivity contribution in [3.05, 3.63) is 89.0 Å². The first-order chi connectivity index (χ1) is 18.1. The summed E-state index contributed by atoms with van der Waals surface area (Å²) in [5, 5.41) is 4.03.